The maximum atomic E-state index is 6.36. The highest BCUT2D eigenvalue weighted by Crippen LogP contribution is 2.39. The Hall–Kier alpha value is -1.98. The summed E-state index contributed by atoms with van der Waals surface area (Å²) >= 11 is 8.01. The molecule has 4 rings (SSSR count). The van der Waals surface area contributed by atoms with Gasteiger partial charge < -0.3 is 14.5 Å². The van der Waals surface area contributed by atoms with Crippen LogP contribution in [0.15, 0.2) is 30.3 Å². The van der Waals surface area contributed by atoms with Gasteiger partial charge in [-0.15, -0.1) is 0 Å². The SMILES string of the molecule is COc1ccc(Cl)c2sc(N3CCN(c4cc(C)ccc4C)CC3)nc12. The molecule has 136 valence electrons. The van der Waals surface area contributed by atoms with Crippen molar-refractivity contribution in [3.63, 3.8) is 0 Å². The van der Waals surface area contributed by atoms with E-state index in [1.54, 1.807) is 18.4 Å². The summed E-state index contributed by atoms with van der Waals surface area (Å²) in [4.78, 5) is 9.64. The minimum Gasteiger partial charge on any atom is -0.494 e. The molecule has 0 bridgehead atoms. The average Bonchev–Trinajstić information content (AvgIpc) is 3.11. The number of ether oxygens (including phenoxy) is 1. The number of methoxy groups -OCH3 is 1. The number of aryl methyl sites for hydroxylation is 2. The van der Waals surface area contributed by atoms with Gasteiger partial charge in [0.2, 0.25) is 0 Å². The largest absolute Gasteiger partial charge is 0.494 e. The Bertz CT molecular complexity index is 948. The second kappa shape index (κ2) is 6.97. The fourth-order valence-electron chi connectivity index (χ4n) is 3.44. The van der Waals surface area contributed by atoms with E-state index in [2.05, 4.69) is 41.8 Å². The third kappa shape index (κ3) is 3.10. The molecule has 0 amide bonds. The van der Waals surface area contributed by atoms with Crippen molar-refractivity contribution in [1.29, 1.82) is 0 Å². The fourth-order valence-corrected chi connectivity index (χ4v) is 4.75. The molecule has 1 aromatic heterocycles. The number of hydrogen-bond donors (Lipinski definition) is 0. The van der Waals surface area contributed by atoms with Gasteiger partial charge in [-0.25, -0.2) is 4.98 Å². The van der Waals surface area contributed by atoms with Gasteiger partial charge >= 0.3 is 0 Å². The van der Waals surface area contributed by atoms with E-state index in [1.165, 1.54) is 16.8 Å². The van der Waals surface area contributed by atoms with Gasteiger partial charge in [0.25, 0.3) is 0 Å². The van der Waals surface area contributed by atoms with E-state index < -0.39 is 0 Å². The van der Waals surface area contributed by atoms with E-state index in [4.69, 9.17) is 21.3 Å². The molecule has 3 aromatic rings. The number of piperazine rings is 1. The topological polar surface area (TPSA) is 28.6 Å². The third-order valence-corrected chi connectivity index (χ3v) is 6.50. The van der Waals surface area contributed by atoms with Crippen molar-refractivity contribution in [3.05, 3.63) is 46.5 Å². The predicted molar refractivity (Wildman–Crippen MR) is 112 cm³/mol. The first kappa shape index (κ1) is 17.4. The lowest BCUT2D eigenvalue weighted by atomic mass is 10.1. The van der Waals surface area contributed by atoms with Crippen molar-refractivity contribution in [2.75, 3.05) is 43.1 Å². The summed E-state index contributed by atoms with van der Waals surface area (Å²) in [5.41, 5.74) is 4.84. The lowest BCUT2D eigenvalue weighted by molar-refractivity contribution is 0.419. The zero-order valence-electron chi connectivity index (χ0n) is 15.3. The highest BCUT2D eigenvalue weighted by Gasteiger charge is 2.22. The van der Waals surface area contributed by atoms with Crippen LogP contribution in [0.1, 0.15) is 11.1 Å². The summed E-state index contributed by atoms with van der Waals surface area (Å²) < 4.78 is 6.44. The number of fused-ring (bicyclic) bond motifs is 1. The predicted octanol–water partition coefficient (Wildman–Crippen LogP) is 4.90. The standard InChI is InChI=1S/C20H22ClN3OS/c1-13-4-5-14(2)16(12-13)23-8-10-24(11-9-23)20-22-18-17(25-3)7-6-15(21)19(18)26-20/h4-7,12H,8-11H2,1-3H3. The molecular weight excluding hydrogens is 366 g/mol. The quantitative estimate of drug-likeness (QED) is 0.639. The molecule has 6 heteroatoms. The molecule has 4 nitrogen and oxygen atoms in total. The Morgan fingerprint density at radius 1 is 1.04 bits per heavy atom. The molecule has 0 unspecified atom stereocenters. The van der Waals surface area contributed by atoms with Crippen LogP contribution >= 0.6 is 22.9 Å². The normalized spacial score (nSPS) is 14.9. The van der Waals surface area contributed by atoms with Crippen LogP contribution < -0.4 is 14.5 Å². The molecular formula is C20H22ClN3OS. The van der Waals surface area contributed by atoms with E-state index in [9.17, 15) is 0 Å². The Labute approximate surface area is 163 Å². The van der Waals surface area contributed by atoms with Gasteiger partial charge in [-0.1, -0.05) is 35.1 Å². The van der Waals surface area contributed by atoms with Crippen molar-refractivity contribution in [1.82, 2.24) is 4.98 Å². The Morgan fingerprint density at radius 2 is 1.77 bits per heavy atom. The minimum atomic E-state index is 0.735. The maximum Gasteiger partial charge on any atom is 0.186 e. The third-order valence-electron chi connectivity index (χ3n) is 4.92. The van der Waals surface area contributed by atoms with Gasteiger partial charge in [0.15, 0.2) is 5.13 Å². The fraction of sp³-hybridized carbons (Fsp3) is 0.350. The summed E-state index contributed by atoms with van der Waals surface area (Å²) in [6.07, 6.45) is 0. The summed E-state index contributed by atoms with van der Waals surface area (Å²) in [6.45, 7) is 8.22. The van der Waals surface area contributed by atoms with Crippen LogP contribution in [0.4, 0.5) is 10.8 Å². The Morgan fingerprint density at radius 3 is 2.50 bits per heavy atom. The molecule has 1 aliphatic heterocycles. The van der Waals surface area contributed by atoms with Crippen molar-refractivity contribution >= 4 is 44.0 Å². The highest BCUT2D eigenvalue weighted by atomic mass is 35.5. The molecule has 1 saturated heterocycles. The molecule has 0 spiro atoms. The summed E-state index contributed by atoms with van der Waals surface area (Å²) in [7, 11) is 1.67. The van der Waals surface area contributed by atoms with Gasteiger partial charge in [0.1, 0.15) is 11.3 Å². The summed E-state index contributed by atoms with van der Waals surface area (Å²) in [6, 6.07) is 10.4. The van der Waals surface area contributed by atoms with Crippen LogP contribution in [-0.2, 0) is 0 Å². The average molecular weight is 388 g/mol. The molecule has 0 radical (unpaired) electrons. The van der Waals surface area contributed by atoms with E-state index in [0.29, 0.717) is 0 Å². The molecule has 2 aromatic carbocycles. The van der Waals surface area contributed by atoms with Gasteiger partial charge in [0.05, 0.1) is 16.8 Å². The number of aromatic nitrogens is 1. The first-order valence-electron chi connectivity index (χ1n) is 8.77. The van der Waals surface area contributed by atoms with Gasteiger partial charge in [0, 0.05) is 31.9 Å². The number of thiazole rings is 1. The minimum absolute atomic E-state index is 0.735. The number of anilines is 2. The molecule has 2 heterocycles. The lowest BCUT2D eigenvalue weighted by Crippen LogP contribution is -2.46. The van der Waals surface area contributed by atoms with Crippen LogP contribution in [0.2, 0.25) is 5.02 Å². The zero-order valence-corrected chi connectivity index (χ0v) is 16.8. The molecule has 0 saturated carbocycles. The maximum absolute atomic E-state index is 6.36. The molecule has 1 aliphatic rings. The van der Waals surface area contributed by atoms with Gasteiger partial charge in [-0.05, 0) is 43.2 Å². The molecule has 1 fully saturated rings. The van der Waals surface area contributed by atoms with E-state index in [1.807, 2.05) is 12.1 Å². The number of halogens is 1. The van der Waals surface area contributed by atoms with Crippen LogP contribution in [0.25, 0.3) is 10.2 Å². The smallest absolute Gasteiger partial charge is 0.186 e. The first-order valence-corrected chi connectivity index (χ1v) is 9.96. The molecule has 0 aliphatic carbocycles. The number of nitrogens with zero attached hydrogens (tertiary/aromatic N) is 3. The number of hydrogen-bond acceptors (Lipinski definition) is 5. The summed E-state index contributed by atoms with van der Waals surface area (Å²) in [5.74, 6) is 0.779. The van der Waals surface area contributed by atoms with Crippen LogP contribution in [-0.4, -0.2) is 38.3 Å². The molecule has 0 N–H and O–H groups in total. The second-order valence-corrected chi connectivity index (χ2v) is 8.07. The monoisotopic (exact) mass is 387 g/mol. The van der Waals surface area contributed by atoms with Crippen molar-refractivity contribution < 1.29 is 4.74 Å². The van der Waals surface area contributed by atoms with Gasteiger partial charge in [-0.3, -0.25) is 0 Å². The van der Waals surface area contributed by atoms with Crippen LogP contribution in [0.5, 0.6) is 5.75 Å². The van der Waals surface area contributed by atoms with Gasteiger partial charge in [-0.2, -0.15) is 0 Å². The summed E-state index contributed by atoms with van der Waals surface area (Å²) in [5, 5.41) is 1.76. The van der Waals surface area contributed by atoms with E-state index >= 15 is 0 Å². The second-order valence-electron chi connectivity index (χ2n) is 6.69. The van der Waals surface area contributed by atoms with Crippen molar-refractivity contribution in [2.24, 2.45) is 0 Å². The zero-order chi connectivity index (χ0) is 18.3. The number of benzene rings is 2. The van der Waals surface area contributed by atoms with Crippen LogP contribution in [0, 0.1) is 13.8 Å². The molecule has 26 heavy (non-hydrogen) atoms. The van der Waals surface area contributed by atoms with Crippen molar-refractivity contribution in [3.8, 4) is 5.75 Å². The highest BCUT2D eigenvalue weighted by molar-refractivity contribution is 7.22. The first-order chi connectivity index (χ1) is 12.6. The van der Waals surface area contributed by atoms with E-state index in [0.717, 1.165) is 52.3 Å². The Balaban J connectivity index is 1.56. The van der Waals surface area contributed by atoms with E-state index in [-0.39, 0.29) is 0 Å². The Kier molecular flexibility index (Phi) is 4.67. The lowest BCUT2D eigenvalue weighted by Gasteiger charge is -2.36. The number of rotatable bonds is 3. The molecule has 0 atom stereocenters. The van der Waals surface area contributed by atoms with Crippen molar-refractivity contribution in [2.45, 2.75) is 13.8 Å². The van der Waals surface area contributed by atoms with Crippen LogP contribution in [0.3, 0.4) is 0 Å².